The number of carbonyl (C=O) groups excluding carboxylic acids is 1. The van der Waals surface area contributed by atoms with E-state index in [4.69, 9.17) is 11.6 Å². The second-order valence-electron chi connectivity index (χ2n) is 7.34. The number of nitrogens with one attached hydrogen (secondary N) is 1. The Kier molecular flexibility index (Phi) is 5.86. The Labute approximate surface area is 184 Å². The van der Waals surface area contributed by atoms with E-state index < -0.39 is 5.82 Å². The first kappa shape index (κ1) is 20.8. The number of carbonyl (C=O) groups is 1. The molecule has 2 aromatic heterocycles. The van der Waals surface area contributed by atoms with Crippen molar-refractivity contribution in [2.24, 2.45) is 0 Å². The number of benzene rings is 2. The molecule has 1 amide bonds. The SMILES string of the molecule is Cc1cc(C)n(Cc2cccc(C(=O)Nc3ccn(Cc4c(F)cccc4Cl)n3)c2)n1. The Balaban J connectivity index is 1.45. The predicted molar refractivity (Wildman–Crippen MR) is 118 cm³/mol. The largest absolute Gasteiger partial charge is 0.305 e. The Hall–Kier alpha value is -3.45. The quantitative estimate of drug-likeness (QED) is 0.469. The molecule has 2 aromatic carbocycles. The van der Waals surface area contributed by atoms with Crippen molar-refractivity contribution in [3.63, 3.8) is 0 Å². The van der Waals surface area contributed by atoms with E-state index in [1.165, 1.54) is 10.7 Å². The van der Waals surface area contributed by atoms with Crippen molar-refractivity contribution in [1.82, 2.24) is 19.6 Å². The van der Waals surface area contributed by atoms with Crippen LogP contribution in [-0.2, 0) is 13.1 Å². The van der Waals surface area contributed by atoms with Crippen LogP contribution in [0.2, 0.25) is 5.02 Å². The van der Waals surface area contributed by atoms with E-state index in [-0.39, 0.29) is 12.5 Å². The van der Waals surface area contributed by atoms with Gasteiger partial charge in [0.2, 0.25) is 0 Å². The van der Waals surface area contributed by atoms with E-state index >= 15 is 0 Å². The van der Waals surface area contributed by atoms with Crippen LogP contribution in [0, 0.1) is 19.7 Å². The lowest BCUT2D eigenvalue weighted by Crippen LogP contribution is -2.14. The lowest BCUT2D eigenvalue weighted by molar-refractivity contribution is 0.102. The predicted octanol–water partition coefficient (Wildman–Crippen LogP) is 4.84. The summed E-state index contributed by atoms with van der Waals surface area (Å²) in [5.74, 6) is -0.293. The summed E-state index contributed by atoms with van der Waals surface area (Å²) in [5, 5.41) is 11.9. The van der Waals surface area contributed by atoms with Gasteiger partial charge in [0, 0.05) is 34.1 Å². The summed E-state index contributed by atoms with van der Waals surface area (Å²) in [5.41, 5.74) is 3.86. The molecular formula is C23H21ClFN5O. The van der Waals surface area contributed by atoms with Crippen molar-refractivity contribution in [2.45, 2.75) is 26.9 Å². The summed E-state index contributed by atoms with van der Waals surface area (Å²) in [6.07, 6.45) is 1.66. The van der Waals surface area contributed by atoms with E-state index in [0.29, 0.717) is 28.5 Å². The molecule has 4 rings (SSSR count). The average molecular weight is 438 g/mol. The third-order valence-corrected chi connectivity index (χ3v) is 5.24. The maximum absolute atomic E-state index is 14.0. The first-order valence-corrected chi connectivity index (χ1v) is 10.1. The zero-order chi connectivity index (χ0) is 22.0. The molecule has 0 atom stereocenters. The molecule has 0 fully saturated rings. The Morgan fingerprint density at radius 2 is 1.87 bits per heavy atom. The fourth-order valence-electron chi connectivity index (χ4n) is 3.37. The number of anilines is 1. The van der Waals surface area contributed by atoms with E-state index in [9.17, 15) is 9.18 Å². The molecule has 0 aliphatic carbocycles. The van der Waals surface area contributed by atoms with E-state index in [1.54, 1.807) is 30.5 Å². The van der Waals surface area contributed by atoms with Gasteiger partial charge >= 0.3 is 0 Å². The van der Waals surface area contributed by atoms with E-state index in [0.717, 1.165) is 17.0 Å². The number of hydrogen-bond acceptors (Lipinski definition) is 3. The fourth-order valence-corrected chi connectivity index (χ4v) is 3.59. The van der Waals surface area contributed by atoms with Crippen LogP contribution >= 0.6 is 11.6 Å². The van der Waals surface area contributed by atoms with Gasteiger partial charge in [-0.1, -0.05) is 29.8 Å². The van der Waals surface area contributed by atoms with Crippen molar-refractivity contribution >= 4 is 23.3 Å². The topological polar surface area (TPSA) is 64.7 Å². The molecule has 158 valence electrons. The van der Waals surface area contributed by atoms with Crippen molar-refractivity contribution in [2.75, 3.05) is 5.32 Å². The van der Waals surface area contributed by atoms with Gasteiger partial charge in [0.05, 0.1) is 18.8 Å². The Morgan fingerprint density at radius 1 is 1.06 bits per heavy atom. The van der Waals surface area contributed by atoms with Crippen molar-refractivity contribution in [3.05, 3.63) is 99.7 Å². The minimum absolute atomic E-state index is 0.166. The van der Waals surface area contributed by atoms with Crippen LogP contribution in [-0.4, -0.2) is 25.5 Å². The summed E-state index contributed by atoms with van der Waals surface area (Å²) in [7, 11) is 0. The van der Waals surface area contributed by atoms with Crippen molar-refractivity contribution in [3.8, 4) is 0 Å². The summed E-state index contributed by atoms with van der Waals surface area (Å²) < 4.78 is 17.4. The molecule has 0 bridgehead atoms. The summed E-state index contributed by atoms with van der Waals surface area (Å²) in [6, 6.07) is 15.6. The third kappa shape index (κ3) is 4.83. The number of hydrogen-bond donors (Lipinski definition) is 1. The van der Waals surface area contributed by atoms with Gasteiger partial charge < -0.3 is 5.32 Å². The summed E-state index contributed by atoms with van der Waals surface area (Å²) >= 11 is 6.08. The molecule has 0 radical (unpaired) electrons. The van der Waals surface area contributed by atoms with Gasteiger partial charge in [-0.3, -0.25) is 14.2 Å². The fraction of sp³-hybridized carbons (Fsp3) is 0.174. The number of amides is 1. The molecule has 0 aliphatic rings. The summed E-state index contributed by atoms with van der Waals surface area (Å²) in [4.78, 5) is 12.7. The first-order valence-electron chi connectivity index (χ1n) is 9.77. The zero-order valence-corrected chi connectivity index (χ0v) is 17.9. The second-order valence-corrected chi connectivity index (χ2v) is 7.75. The van der Waals surface area contributed by atoms with Crippen LogP contribution in [0.1, 0.15) is 32.9 Å². The monoisotopic (exact) mass is 437 g/mol. The molecule has 0 unspecified atom stereocenters. The lowest BCUT2D eigenvalue weighted by Gasteiger charge is -2.08. The van der Waals surface area contributed by atoms with Crippen LogP contribution < -0.4 is 5.32 Å². The number of nitrogens with zero attached hydrogens (tertiary/aromatic N) is 4. The first-order chi connectivity index (χ1) is 14.9. The number of halogens is 2. The van der Waals surface area contributed by atoms with Crippen LogP contribution in [0.15, 0.2) is 60.8 Å². The van der Waals surface area contributed by atoms with Gasteiger partial charge in [-0.05, 0) is 49.7 Å². The highest BCUT2D eigenvalue weighted by Gasteiger charge is 2.12. The molecule has 0 saturated carbocycles. The van der Waals surface area contributed by atoms with Gasteiger partial charge in [-0.2, -0.15) is 10.2 Å². The normalized spacial score (nSPS) is 11.0. The zero-order valence-electron chi connectivity index (χ0n) is 17.1. The third-order valence-electron chi connectivity index (χ3n) is 4.89. The molecule has 1 N–H and O–H groups in total. The number of aryl methyl sites for hydroxylation is 2. The van der Waals surface area contributed by atoms with Gasteiger partial charge in [0.25, 0.3) is 5.91 Å². The average Bonchev–Trinajstić information content (AvgIpc) is 3.30. The van der Waals surface area contributed by atoms with Crippen LogP contribution in [0.4, 0.5) is 10.2 Å². The highest BCUT2D eigenvalue weighted by Crippen LogP contribution is 2.20. The molecule has 31 heavy (non-hydrogen) atoms. The van der Waals surface area contributed by atoms with Crippen molar-refractivity contribution < 1.29 is 9.18 Å². The summed E-state index contributed by atoms with van der Waals surface area (Å²) in [6.45, 7) is 4.70. The lowest BCUT2D eigenvalue weighted by atomic mass is 10.1. The van der Waals surface area contributed by atoms with Gasteiger partial charge in [-0.25, -0.2) is 4.39 Å². The van der Waals surface area contributed by atoms with Crippen LogP contribution in [0.25, 0.3) is 0 Å². The van der Waals surface area contributed by atoms with E-state index in [2.05, 4.69) is 15.5 Å². The molecule has 2 heterocycles. The Bertz CT molecular complexity index is 1230. The highest BCUT2D eigenvalue weighted by atomic mass is 35.5. The van der Waals surface area contributed by atoms with Crippen LogP contribution in [0.3, 0.4) is 0 Å². The van der Waals surface area contributed by atoms with Crippen LogP contribution in [0.5, 0.6) is 0 Å². The minimum atomic E-state index is -0.395. The van der Waals surface area contributed by atoms with Gasteiger partial charge in [-0.15, -0.1) is 0 Å². The van der Waals surface area contributed by atoms with Gasteiger partial charge in [0.15, 0.2) is 5.82 Å². The second kappa shape index (κ2) is 8.73. The highest BCUT2D eigenvalue weighted by molar-refractivity contribution is 6.31. The Morgan fingerprint density at radius 3 is 2.61 bits per heavy atom. The van der Waals surface area contributed by atoms with Crippen molar-refractivity contribution in [1.29, 1.82) is 0 Å². The van der Waals surface area contributed by atoms with Gasteiger partial charge in [0.1, 0.15) is 5.82 Å². The molecule has 4 aromatic rings. The standard InChI is InChI=1S/C23H21ClFN5O/c1-15-11-16(2)30(27-15)13-17-5-3-6-18(12-17)23(31)26-22-9-10-29(28-22)14-19-20(24)7-4-8-21(19)25/h3-12H,13-14H2,1-2H3,(H,26,28,31). The van der Waals surface area contributed by atoms with E-state index in [1.807, 2.05) is 42.8 Å². The maximum Gasteiger partial charge on any atom is 0.256 e. The minimum Gasteiger partial charge on any atom is -0.305 e. The number of aromatic nitrogens is 4. The molecule has 6 nitrogen and oxygen atoms in total. The molecule has 0 saturated heterocycles. The molecule has 8 heteroatoms. The molecule has 0 aliphatic heterocycles. The molecular weight excluding hydrogens is 417 g/mol. The smallest absolute Gasteiger partial charge is 0.256 e. The maximum atomic E-state index is 14.0. The molecule has 0 spiro atoms. The number of rotatable bonds is 6.